The number of hydrogen-bond acceptors (Lipinski definition) is 9. The molecule has 0 radical (unpaired) electrons. The molecule has 0 spiro atoms. The summed E-state index contributed by atoms with van der Waals surface area (Å²) >= 11 is 0. The van der Waals surface area contributed by atoms with Gasteiger partial charge in [0.25, 0.3) is 0 Å². The third-order valence-corrected chi connectivity index (χ3v) is 12.2. The van der Waals surface area contributed by atoms with E-state index in [1.807, 2.05) is 61.2 Å². The molecular weight excluding hydrogens is 777 g/mol. The van der Waals surface area contributed by atoms with Crippen LogP contribution in [0.3, 0.4) is 0 Å². The van der Waals surface area contributed by atoms with Crippen LogP contribution in [0.1, 0.15) is 87.2 Å². The molecule has 4 atom stereocenters. The third kappa shape index (κ3) is 8.77. The molecule has 3 aliphatic heterocycles. The van der Waals surface area contributed by atoms with E-state index in [2.05, 4.69) is 49.6 Å². The number of rotatable bonds is 9. The molecular formula is C46H52N8O7. The SMILES string of the molecule is COC(=O)N[C@H](C(=O)N1CCC[C@H]1c1nc2ccc3cc(C#Cc4ccc(-c5cnc([C@@H]6CCCN6C(=O)[C@H](NC(=O)OC)C(C)C)[nH]5)cc4)ccc3c2[nH]1)C1CCOCC1. The fourth-order valence-corrected chi connectivity index (χ4v) is 8.90. The van der Waals surface area contributed by atoms with E-state index in [0.717, 1.165) is 75.7 Å². The normalized spacial score (nSPS) is 19.1. The summed E-state index contributed by atoms with van der Waals surface area (Å²) in [7, 11) is 2.60. The van der Waals surface area contributed by atoms with Crippen LogP contribution in [0.4, 0.5) is 9.59 Å². The Hall–Kier alpha value is -6.40. The van der Waals surface area contributed by atoms with Gasteiger partial charge in [-0.3, -0.25) is 9.59 Å². The van der Waals surface area contributed by atoms with E-state index in [4.69, 9.17) is 19.2 Å². The number of alkyl carbamates (subject to hydrolysis) is 2. The lowest BCUT2D eigenvalue weighted by Gasteiger charge is -2.34. The summed E-state index contributed by atoms with van der Waals surface area (Å²) in [6.07, 6.45) is 5.14. The number of carbonyl (C=O) groups excluding carboxylic acids is 4. The molecule has 0 unspecified atom stereocenters. The number of imidazole rings is 2. The van der Waals surface area contributed by atoms with Gasteiger partial charge in [-0.25, -0.2) is 19.6 Å². The maximum atomic E-state index is 14.1. The van der Waals surface area contributed by atoms with E-state index in [0.29, 0.717) is 45.0 Å². The second kappa shape index (κ2) is 18.1. The second-order valence-electron chi connectivity index (χ2n) is 16.3. The van der Waals surface area contributed by atoms with Crippen molar-refractivity contribution in [2.24, 2.45) is 11.8 Å². The minimum atomic E-state index is -0.694. The molecule has 3 fully saturated rings. The van der Waals surface area contributed by atoms with E-state index in [9.17, 15) is 19.2 Å². The molecule has 0 saturated carbocycles. The number of aromatic nitrogens is 4. The van der Waals surface area contributed by atoms with Gasteiger partial charge in [-0.05, 0) is 91.6 Å². The number of fused-ring (bicyclic) bond motifs is 3. The van der Waals surface area contributed by atoms with Crippen molar-refractivity contribution < 1.29 is 33.4 Å². The molecule has 0 aliphatic carbocycles. The molecule has 318 valence electrons. The van der Waals surface area contributed by atoms with E-state index >= 15 is 0 Å². The zero-order valence-electron chi connectivity index (χ0n) is 35.0. The minimum Gasteiger partial charge on any atom is -0.453 e. The first-order chi connectivity index (χ1) is 29.6. The van der Waals surface area contributed by atoms with E-state index in [1.54, 1.807) is 11.1 Å². The number of nitrogens with one attached hydrogen (secondary N) is 4. The number of nitrogens with zero attached hydrogens (tertiary/aromatic N) is 4. The Bertz CT molecular complexity index is 2480. The summed E-state index contributed by atoms with van der Waals surface area (Å²) in [5, 5.41) is 7.54. The molecule has 3 saturated heterocycles. The Morgan fingerprint density at radius 2 is 1.44 bits per heavy atom. The van der Waals surface area contributed by atoms with Gasteiger partial charge in [-0.2, -0.15) is 0 Å². The predicted octanol–water partition coefficient (Wildman–Crippen LogP) is 6.36. The topological polar surface area (TPSA) is 184 Å². The molecule has 3 aromatic carbocycles. The standard InChI is InChI=1S/C46H52N8O7/c1-27(2)38(51-45(57)59-3)43(55)53-21-5-7-36(53)41-47-26-35(49-41)30-14-11-28(12-15-30)9-10-29-13-17-33-32(25-29)16-18-34-40(33)50-42(48-34)37-8-6-22-54(37)44(56)39(52-46(58)60-4)31-19-23-61-24-20-31/h11-18,25-27,31,36-39H,5-8,19-24H2,1-4H3,(H,47,49)(H,48,50)(H,51,57)(H,52,58)/t36-,37-,38+,39-/m0/s1. The fourth-order valence-electron chi connectivity index (χ4n) is 8.90. The van der Waals surface area contributed by atoms with Gasteiger partial charge in [0.05, 0.1) is 49.2 Å². The smallest absolute Gasteiger partial charge is 0.407 e. The first-order valence-electron chi connectivity index (χ1n) is 21.1. The van der Waals surface area contributed by atoms with Crippen LogP contribution in [0.25, 0.3) is 33.1 Å². The largest absolute Gasteiger partial charge is 0.453 e. The van der Waals surface area contributed by atoms with Crippen molar-refractivity contribution in [1.29, 1.82) is 0 Å². The van der Waals surface area contributed by atoms with Gasteiger partial charge < -0.3 is 44.6 Å². The van der Waals surface area contributed by atoms with Crippen LogP contribution >= 0.6 is 0 Å². The third-order valence-electron chi connectivity index (χ3n) is 12.2. The molecule has 15 nitrogen and oxygen atoms in total. The van der Waals surface area contributed by atoms with Gasteiger partial charge >= 0.3 is 12.2 Å². The fraction of sp³-hybridized carbons (Fsp3) is 0.435. The van der Waals surface area contributed by atoms with E-state index in [1.165, 1.54) is 14.2 Å². The minimum absolute atomic E-state index is 0.0352. The van der Waals surface area contributed by atoms with Gasteiger partial charge in [0.15, 0.2) is 0 Å². The number of ether oxygens (including phenoxy) is 3. The Kier molecular flexibility index (Phi) is 12.2. The summed E-state index contributed by atoms with van der Waals surface area (Å²) in [6.45, 7) is 6.08. The second-order valence-corrected chi connectivity index (χ2v) is 16.3. The van der Waals surface area contributed by atoms with Gasteiger partial charge in [-0.1, -0.05) is 50.0 Å². The monoisotopic (exact) mass is 828 g/mol. The molecule has 4 N–H and O–H groups in total. The molecule has 4 amide bonds. The molecule has 8 rings (SSSR count). The average molecular weight is 829 g/mol. The highest BCUT2D eigenvalue weighted by Gasteiger charge is 2.41. The zero-order valence-corrected chi connectivity index (χ0v) is 35.0. The number of likely N-dealkylation sites (tertiary alicyclic amines) is 2. The molecule has 5 aromatic rings. The van der Waals surface area contributed by atoms with Crippen molar-refractivity contribution in [3.05, 3.63) is 83.6 Å². The van der Waals surface area contributed by atoms with Crippen molar-refractivity contribution in [1.82, 2.24) is 40.4 Å². The highest BCUT2D eigenvalue weighted by Crippen LogP contribution is 2.36. The van der Waals surface area contributed by atoms with Crippen molar-refractivity contribution in [2.75, 3.05) is 40.5 Å². The lowest BCUT2D eigenvalue weighted by molar-refractivity contribution is -0.137. The van der Waals surface area contributed by atoms with Gasteiger partial charge in [-0.15, -0.1) is 0 Å². The Labute approximate surface area is 354 Å². The van der Waals surface area contributed by atoms with Crippen LogP contribution < -0.4 is 10.6 Å². The van der Waals surface area contributed by atoms with Crippen LogP contribution in [-0.2, 0) is 23.8 Å². The number of H-pyrrole nitrogens is 2. The zero-order chi connectivity index (χ0) is 42.6. The first-order valence-corrected chi connectivity index (χ1v) is 21.1. The summed E-state index contributed by atoms with van der Waals surface area (Å²) in [5.41, 5.74) is 5.24. The number of carbonyl (C=O) groups is 4. The molecule has 0 bridgehead atoms. The number of benzene rings is 3. The molecule has 3 aliphatic rings. The van der Waals surface area contributed by atoms with E-state index < -0.39 is 24.3 Å². The first kappa shape index (κ1) is 41.3. The Morgan fingerprint density at radius 3 is 2.15 bits per heavy atom. The molecule has 5 heterocycles. The Balaban J connectivity index is 0.948. The van der Waals surface area contributed by atoms with E-state index in [-0.39, 0.29) is 35.7 Å². The molecule has 2 aromatic heterocycles. The molecule has 61 heavy (non-hydrogen) atoms. The van der Waals surface area contributed by atoms with Crippen molar-refractivity contribution in [2.45, 2.75) is 76.5 Å². The predicted molar refractivity (Wildman–Crippen MR) is 228 cm³/mol. The lowest BCUT2D eigenvalue weighted by Crippen LogP contribution is -2.53. The maximum absolute atomic E-state index is 14.1. The van der Waals surface area contributed by atoms with Crippen LogP contribution in [-0.4, -0.2) is 106 Å². The summed E-state index contributed by atoms with van der Waals surface area (Å²) in [4.78, 5) is 72.1. The van der Waals surface area contributed by atoms with Crippen LogP contribution in [0.15, 0.2) is 60.8 Å². The van der Waals surface area contributed by atoms with Crippen molar-refractivity contribution >= 4 is 45.8 Å². The van der Waals surface area contributed by atoms with Crippen molar-refractivity contribution in [3.8, 4) is 23.1 Å². The van der Waals surface area contributed by atoms with Gasteiger partial charge in [0.1, 0.15) is 23.7 Å². The maximum Gasteiger partial charge on any atom is 0.407 e. The number of aromatic amines is 2. The average Bonchev–Trinajstić information content (AvgIpc) is 4.13. The Morgan fingerprint density at radius 1 is 0.787 bits per heavy atom. The van der Waals surface area contributed by atoms with Crippen molar-refractivity contribution in [3.63, 3.8) is 0 Å². The quantitative estimate of drug-likeness (QED) is 0.123. The summed E-state index contributed by atoms with van der Waals surface area (Å²) in [5.74, 6) is 7.64. The lowest BCUT2D eigenvalue weighted by atomic mass is 9.90. The number of methoxy groups -OCH3 is 2. The summed E-state index contributed by atoms with van der Waals surface area (Å²) in [6, 6.07) is 16.3. The van der Waals surface area contributed by atoms with Gasteiger partial charge in [0, 0.05) is 42.8 Å². The summed E-state index contributed by atoms with van der Waals surface area (Å²) < 4.78 is 15.2. The number of amides is 4. The van der Waals surface area contributed by atoms with Crippen LogP contribution in [0.2, 0.25) is 0 Å². The van der Waals surface area contributed by atoms with Gasteiger partial charge in [0.2, 0.25) is 11.8 Å². The molecule has 15 heteroatoms. The van der Waals surface area contributed by atoms with Crippen LogP contribution in [0, 0.1) is 23.7 Å². The number of hydrogen-bond donors (Lipinski definition) is 4. The highest BCUT2D eigenvalue weighted by molar-refractivity contribution is 6.04. The van der Waals surface area contributed by atoms with Crippen LogP contribution in [0.5, 0.6) is 0 Å². The highest BCUT2D eigenvalue weighted by atomic mass is 16.5.